The fourth-order valence-electron chi connectivity index (χ4n) is 1.89. The zero-order valence-corrected chi connectivity index (χ0v) is 10.9. The molecule has 0 fully saturated rings. The minimum absolute atomic E-state index is 0.0501. The molecule has 106 valence electrons. The number of hydrogen-bond donors (Lipinski definition) is 1. The number of nitrogens with zero attached hydrogens (tertiary/aromatic N) is 1. The minimum atomic E-state index is -0.375. The molecule has 0 radical (unpaired) electrons. The van der Waals surface area contributed by atoms with Gasteiger partial charge in [0.2, 0.25) is 11.8 Å². The van der Waals surface area contributed by atoms with Crippen molar-refractivity contribution >= 4 is 11.8 Å². The number of benzene rings is 1. The van der Waals surface area contributed by atoms with Gasteiger partial charge in [-0.15, -0.1) is 0 Å². The number of furan rings is 1. The second-order valence-electron chi connectivity index (χ2n) is 4.41. The van der Waals surface area contributed by atoms with Gasteiger partial charge in [-0.3, -0.25) is 10.1 Å². The molecule has 0 aliphatic rings. The van der Waals surface area contributed by atoms with E-state index in [0.29, 0.717) is 17.0 Å². The van der Waals surface area contributed by atoms with Crippen LogP contribution in [0.3, 0.4) is 0 Å². The number of rotatable bonds is 4. The Morgan fingerprint density at radius 3 is 2.90 bits per heavy atom. The second-order valence-corrected chi connectivity index (χ2v) is 4.41. The fraction of sp³-hybridized carbons (Fsp3) is 0.0667. The molecule has 1 aromatic carbocycles. The third-order valence-corrected chi connectivity index (χ3v) is 2.80. The van der Waals surface area contributed by atoms with Crippen LogP contribution in [0.25, 0.3) is 11.5 Å². The Hall–Kier alpha value is -2.89. The van der Waals surface area contributed by atoms with Crippen LogP contribution in [0.5, 0.6) is 0 Å². The first-order valence-electron chi connectivity index (χ1n) is 6.25. The minimum Gasteiger partial charge on any atom is -0.463 e. The normalized spacial score (nSPS) is 10.5. The molecule has 5 nitrogen and oxygen atoms in total. The van der Waals surface area contributed by atoms with Gasteiger partial charge in [-0.1, -0.05) is 17.3 Å². The van der Waals surface area contributed by atoms with Gasteiger partial charge in [-0.25, -0.2) is 4.39 Å². The zero-order chi connectivity index (χ0) is 14.7. The van der Waals surface area contributed by atoms with Crippen LogP contribution in [-0.4, -0.2) is 11.1 Å². The summed E-state index contributed by atoms with van der Waals surface area (Å²) in [4.78, 5) is 11.8. The maximum atomic E-state index is 13.0. The van der Waals surface area contributed by atoms with Crippen molar-refractivity contribution in [2.45, 2.75) is 6.42 Å². The van der Waals surface area contributed by atoms with E-state index in [1.54, 1.807) is 30.3 Å². The summed E-state index contributed by atoms with van der Waals surface area (Å²) in [6, 6.07) is 10.9. The average molecular weight is 286 g/mol. The van der Waals surface area contributed by atoms with Gasteiger partial charge in [0, 0.05) is 6.07 Å². The molecule has 0 atom stereocenters. The molecule has 3 aromatic rings. The summed E-state index contributed by atoms with van der Waals surface area (Å²) < 4.78 is 23.2. The second kappa shape index (κ2) is 5.62. The monoisotopic (exact) mass is 286 g/mol. The Kier molecular flexibility index (Phi) is 3.51. The van der Waals surface area contributed by atoms with Gasteiger partial charge in [0.15, 0.2) is 11.5 Å². The van der Waals surface area contributed by atoms with Crippen molar-refractivity contribution < 1.29 is 18.1 Å². The Bertz CT molecular complexity index is 750. The molecule has 3 rings (SSSR count). The Balaban J connectivity index is 1.65. The van der Waals surface area contributed by atoms with E-state index in [9.17, 15) is 9.18 Å². The van der Waals surface area contributed by atoms with Gasteiger partial charge in [0.05, 0.1) is 12.7 Å². The lowest BCUT2D eigenvalue weighted by Gasteiger charge is -2.01. The molecule has 0 saturated heterocycles. The van der Waals surface area contributed by atoms with Crippen LogP contribution in [0.2, 0.25) is 0 Å². The maximum absolute atomic E-state index is 13.0. The van der Waals surface area contributed by atoms with Gasteiger partial charge >= 0.3 is 0 Å². The molecule has 21 heavy (non-hydrogen) atoms. The molecular formula is C15H11FN2O3. The van der Waals surface area contributed by atoms with Crippen molar-refractivity contribution in [1.82, 2.24) is 5.16 Å². The molecule has 0 aliphatic heterocycles. The van der Waals surface area contributed by atoms with Gasteiger partial charge in [-0.05, 0) is 29.8 Å². The van der Waals surface area contributed by atoms with Crippen LogP contribution >= 0.6 is 0 Å². The van der Waals surface area contributed by atoms with E-state index < -0.39 is 0 Å². The summed E-state index contributed by atoms with van der Waals surface area (Å²) in [5.41, 5.74) is 1.07. The van der Waals surface area contributed by atoms with Crippen LogP contribution in [0.1, 0.15) is 5.56 Å². The predicted octanol–water partition coefficient (Wildman–Crippen LogP) is 3.25. The lowest BCUT2D eigenvalue weighted by Crippen LogP contribution is -2.13. The molecule has 0 saturated carbocycles. The molecule has 6 heteroatoms. The lowest BCUT2D eigenvalue weighted by molar-refractivity contribution is -0.115. The first-order valence-corrected chi connectivity index (χ1v) is 6.25. The van der Waals surface area contributed by atoms with Crippen molar-refractivity contribution in [3.05, 3.63) is 60.1 Å². The van der Waals surface area contributed by atoms with E-state index in [-0.39, 0.29) is 24.0 Å². The quantitative estimate of drug-likeness (QED) is 0.799. The van der Waals surface area contributed by atoms with E-state index in [1.807, 2.05) is 0 Å². The maximum Gasteiger partial charge on any atom is 0.231 e. The number of hydrogen-bond acceptors (Lipinski definition) is 4. The topological polar surface area (TPSA) is 68.3 Å². The van der Waals surface area contributed by atoms with E-state index in [1.165, 1.54) is 18.4 Å². The molecule has 0 spiro atoms. The molecule has 1 amide bonds. The highest BCUT2D eigenvalue weighted by Gasteiger charge is 2.11. The average Bonchev–Trinajstić information content (AvgIpc) is 3.08. The van der Waals surface area contributed by atoms with Crippen LogP contribution in [0, 0.1) is 5.82 Å². The lowest BCUT2D eigenvalue weighted by atomic mass is 10.1. The van der Waals surface area contributed by atoms with Gasteiger partial charge in [-0.2, -0.15) is 0 Å². The summed E-state index contributed by atoms with van der Waals surface area (Å²) in [6.07, 6.45) is 1.57. The third-order valence-electron chi connectivity index (χ3n) is 2.80. The number of anilines is 1. The SMILES string of the molecule is O=C(Cc1cccc(F)c1)Nc1cc(-c2ccco2)no1. The molecule has 2 heterocycles. The van der Waals surface area contributed by atoms with E-state index >= 15 is 0 Å². The van der Waals surface area contributed by atoms with Crippen molar-refractivity contribution in [2.24, 2.45) is 0 Å². The first-order chi connectivity index (χ1) is 10.2. The summed E-state index contributed by atoms with van der Waals surface area (Å²) >= 11 is 0. The Morgan fingerprint density at radius 2 is 2.14 bits per heavy atom. The largest absolute Gasteiger partial charge is 0.463 e. The van der Waals surface area contributed by atoms with Crippen molar-refractivity contribution in [3.63, 3.8) is 0 Å². The summed E-state index contributed by atoms with van der Waals surface area (Å²) in [5.74, 6) is 0.0648. The number of aromatic nitrogens is 1. The number of nitrogens with one attached hydrogen (secondary N) is 1. The standard InChI is InChI=1S/C15H11FN2O3/c16-11-4-1-3-10(7-11)8-14(19)17-15-9-12(18-21-15)13-5-2-6-20-13/h1-7,9H,8H2,(H,17,19). The number of carbonyl (C=O) groups is 1. The Morgan fingerprint density at radius 1 is 1.24 bits per heavy atom. The summed E-state index contributed by atoms with van der Waals surface area (Å²) in [5, 5.41) is 6.35. The highest BCUT2D eigenvalue weighted by Crippen LogP contribution is 2.21. The molecule has 0 unspecified atom stereocenters. The summed E-state index contributed by atoms with van der Waals surface area (Å²) in [6.45, 7) is 0. The predicted molar refractivity (Wildman–Crippen MR) is 72.9 cm³/mol. The van der Waals surface area contributed by atoms with Gasteiger partial charge in [0.25, 0.3) is 0 Å². The molecule has 2 aromatic heterocycles. The highest BCUT2D eigenvalue weighted by molar-refractivity contribution is 5.91. The van der Waals surface area contributed by atoms with Crippen LogP contribution in [-0.2, 0) is 11.2 Å². The van der Waals surface area contributed by atoms with Crippen LogP contribution < -0.4 is 5.32 Å². The van der Waals surface area contributed by atoms with E-state index in [2.05, 4.69) is 10.5 Å². The number of carbonyl (C=O) groups excluding carboxylic acids is 1. The molecule has 1 N–H and O–H groups in total. The van der Waals surface area contributed by atoms with Crippen molar-refractivity contribution in [3.8, 4) is 11.5 Å². The first kappa shape index (κ1) is 13.1. The molecular weight excluding hydrogens is 275 g/mol. The zero-order valence-electron chi connectivity index (χ0n) is 10.9. The van der Waals surface area contributed by atoms with E-state index in [4.69, 9.17) is 8.94 Å². The van der Waals surface area contributed by atoms with Crippen molar-refractivity contribution in [2.75, 3.05) is 5.32 Å². The number of halogens is 1. The third kappa shape index (κ3) is 3.17. The van der Waals surface area contributed by atoms with Crippen molar-refractivity contribution in [1.29, 1.82) is 0 Å². The smallest absolute Gasteiger partial charge is 0.231 e. The summed E-state index contributed by atoms with van der Waals surface area (Å²) in [7, 11) is 0. The number of amides is 1. The van der Waals surface area contributed by atoms with Crippen LogP contribution in [0.4, 0.5) is 10.3 Å². The van der Waals surface area contributed by atoms with Gasteiger partial charge < -0.3 is 8.94 Å². The highest BCUT2D eigenvalue weighted by atomic mass is 19.1. The molecule has 0 aliphatic carbocycles. The fourth-order valence-corrected chi connectivity index (χ4v) is 1.89. The molecule has 0 bridgehead atoms. The van der Waals surface area contributed by atoms with E-state index in [0.717, 1.165) is 0 Å². The van der Waals surface area contributed by atoms with Crippen LogP contribution in [0.15, 0.2) is 57.7 Å². The Labute approximate surface area is 119 Å². The van der Waals surface area contributed by atoms with Gasteiger partial charge in [0.1, 0.15) is 5.82 Å².